The molecule has 21 heavy (non-hydrogen) atoms. The number of Topliss-reactive ketones (excluding diaryl/α,β-unsaturated/α-hetero) is 1. The zero-order valence-electron chi connectivity index (χ0n) is 11.0. The molecule has 1 aromatic rings. The molecule has 0 unspecified atom stereocenters. The molecule has 7 heteroatoms. The second-order valence-corrected chi connectivity index (χ2v) is 5.32. The van der Waals surface area contributed by atoms with Gasteiger partial charge in [-0.25, -0.2) is 0 Å². The van der Waals surface area contributed by atoms with Gasteiger partial charge in [-0.3, -0.25) is 9.59 Å². The van der Waals surface area contributed by atoms with E-state index in [0.717, 1.165) is 24.2 Å². The summed E-state index contributed by atoms with van der Waals surface area (Å²) >= 11 is 0. The molecule has 0 atom stereocenters. The molecule has 1 aromatic carbocycles. The molecule has 4 nitrogen and oxygen atoms in total. The van der Waals surface area contributed by atoms with E-state index in [2.05, 4.69) is 5.32 Å². The third kappa shape index (κ3) is 2.48. The second kappa shape index (κ2) is 4.75. The van der Waals surface area contributed by atoms with Crippen LogP contribution in [0, 0.1) is 5.92 Å². The number of hydrogen-bond acceptors (Lipinski definition) is 3. The topological polar surface area (TPSA) is 49.4 Å². The third-order valence-corrected chi connectivity index (χ3v) is 3.88. The summed E-state index contributed by atoms with van der Waals surface area (Å²) in [4.78, 5) is 23.9. The SMILES string of the molecule is O=C(c1ccc2c(c1)CCN2)C1CN(C(=O)C(F)(F)F)C1. The first kappa shape index (κ1) is 13.9. The monoisotopic (exact) mass is 298 g/mol. The van der Waals surface area contributed by atoms with Gasteiger partial charge in [0.1, 0.15) is 0 Å². The van der Waals surface area contributed by atoms with Crippen molar-refractivity contribution in [3.05, 3.63) is 29.3 Å². The largest absolute Gasteiger partial charge is 0.471 e. The molecule has 1 N–H and O–H groups in total. The highest BCUT2D eigenvalue weighted by atomic mass is 19.4. The number of rotatable bonds is 2. The number of hydrogen-bond donors (Lipinski definition) is 1. The van der Waals surface area contributed by atoms with E-state index in [1.807, 2.05) is 6.07 Å². The summed E-state index contributed by atoms with van der Waals surface area (Å²) in [5.41, 5.74) is 2.54. The van der Waals surface area contributed by atoms with Gasteiger partial charge in [0.05, 0.1) is 5.92 Å². The molecule has 1 amide bonds. The van der Waals surface area contributed by atoms with Crippen molar-refractivity contribution in [1.29, 1.82) is 0 Å². The number of ketones is 1. The number of amides is 1. The van der Waals surface area contributed by atoms with Gasteiger partial charge in [0.15, 0.2) is 5.78 Å². The predicted molar refractivity (Wildman–Crippen MR) is 69.1 cm³/mol. The summed E-state index contributed by atoms with van der Waals surface area (Å²) in [6.45, 7) is 0.503. The van der Waals surface area contributed by atoms with Crippen LogP contribution in [0.25, 0.3) is 0 Å². The Morgan fingerprint density at radius 3 is 2.62 bits per heavy atom. The fourth-order valence-corrected chi connectivity index (χ4v) is 2.68. The van der Waals surface area contributed by atoms with Gasteiger partial charge in [0.25, 0.3) is 0 Å². The Bertz CT molecular complexity index is 607. The number of carbonyl (C=O) groups excluding carboxylic acids is 2. The minimum absolute atomic E-state index is 0.160. The minimum Gasteiger partial charge on any atom is -0.384 e. The molecule has 1 saturated heterocycles. The number of nitrogens with zero attached hydrogens (tertiary/aromatic N) is 1. The predicted octanol–water partition coefficient (Wildman–Crippen LogP) is 1.86. The fraction of sp³-hybridized carbons (Fsp3) is 0.429. The Morgan fingerprint density at radius 2 is 1.95 bits per heavy atom. The number of anilines is 1. The molecule has 0 spiro atoms. The summed E-state index contributed by atoms with van der Waals surface area (Å²) in [6.07, 6.45) is -4.03. The van der Waals surface area contributed by atoms with Crippen LogP contribution in [0.5, 0.6) is 0 Å². The minimum atomic E-state index is -4.87. The van der Waals surface area contributed by atoms with Crippen LogP contribution in [0.1, 0.15) is 15.9 Å². The van der Waals surface area contributed by atoms with Gasteiger partial charge >= 0.3 is 12.1 Å². The van der Waals surface area contributed by atoms with Crippen molar-refractivity contribution in [1.82, 2.24) is 4.90 Å². The van der Waals surface area contributed by atoms with E-state index in [1.54, 1.807) is 12.1 Å². The number of fused-ring (bicyclic) bond motifs is 1. The molecule has 0 saturated carbocycles. The number of nitrogens with one attached hydrogen (secondary N) is 1. The van der Waals surface area contributed by atoms with Crippen LogP contribution in [0.3, 0.4) is 0 Å². The zero-order chi connectivity index (χ0) is 15.2. The number of benzene rings is 1. The van der Waals surface area contributed by atoms with Gasteiger partial charge in [0.2, 0.25) is 0 Å². The average Bonchev–Trinajstić information content (AvgIpc) is 2.82. The van der Waals surface area contributed by atoms with Crippen molar-refractivity contribution < 1.29 is 22.8 Å². The van der Waals surface area contributed by atoms with Crippen molar-refractivity contribution in [2.45, 2.75) is 12.6 Å². The van der Waals surface area contributed by atoms with Crippen molar-refractivity contribution in [3.8, 4) is 0 Å². The van der Waals surface area contributed by atoms with Gasteiger partial charge < -0.3 is 10.2 Å². The molecule has 2 aliphatic heterocycles. The van der Waals surface area contributed by atoms with E-state index in [-0.39, 0.29) is 18.9 Å². The molecule has 0 aromatic heterocycles. The van der Waals surface area contributed by atoms with Crippen LogP contribution in [-0.2, 0) is 11.2 Å². The first-order valence-corrected chi connectivity index (χ1v) is 6.63. The molecule has 0 radical (unpaired) electrons. The Kier molecular flexibility index (Phi) is 3.15. The smallest absolute Gasteiger partial charge is 0.384 e. The highest BCUT2D eigenvalue weighted by molar-refractivity contribution is 6.00. The maximum Gasteiger partial charge on any atom is 0.471 e. The average molecular weight is 298 g/mol. The second-order valence-electron chi connectivity index (χ2n) is 5.32. The van der Waals surface area contributed by atoms with Crippen molar-refractivity contribution >= 4 is 17.4 Å². The molecule has 0 aliphatic carbocycles. The number of likely N-dealkylation sites (tertiary alicyclic amines) is 1. The van der Waals surface area contributed by atoms with E-state index in [4.69, 9.17) is 0 Å². The lowest BCUT2D eigenvalue weighted by molar-refractivity contribution is -0.190. The van der Waals surface area contributed by atoms with E-state index in [9.17, 15) is 22.8 Å². The Morgan fingerprint density at radius 1 is 1.24 bits per heavy atom. The maximum absolute atomic E-state index is 12.2. The normalized spacial score (nSPS) is 18.0. The highest BCUT2D eigenvalue weighted by Crippen LogP contribution is 2.29. The molecule has 0 bridgehead atoms. The maximum atomic E-state index is 12.2. The number of halogens is 3. The standard InChI is InChI=1S/C14H13F3N2O2/c15-14(16,17)13(21)19-6-10(7-19)12(20)9-1-2-11-8(5-9)3-4-18-11/h1-2,5,10,18H,3-4,6-7H2. The van der Waals surface area contributed by atoms with Gasteiger partial charge in [-0.1, -0.05) is 0 Å². The molecular formula is C14H13F3N2O2. The van der Waals surface area contributed by atoms with Crippen molar-refractivity contribution in [2.24, 2.45) is 5.92 Å². The van der Waals surface area contributed by atoms with Crippen LogP contribution < -0.4 is 5.32 Å². The van der Waals surface area contributed by atoms with Crippen molar-refractivity contribution in [3.63, 3.8) is 0 Å². The summed E-state index contributed by atoms with van der Waals surface area (Å²) in [5.74, 6) is -2.61. The first-order valence-electron chi connectivity index (χ1n) is 6.63. The fourth-order valence-electron chi connectivity index (χ4n) is 2.68. The first-order chi connectivity index (χ1) is 9.86. The van der Waals surface area contributed by atoms with Crippen LogP contribution in [0.4, 0.5) is 18.9 Å². The summed E-state index contributed by atoms with van der Waals surface area (Å²) in [7, 11) is 0. The molecule has 3 rings (SSSR count). The Labute approximate surface area is 118 Å². The van der Waals surface area contributed by atoms with E-state index < -0.39 is 18.0 Å². The molecule has 1 fully saturated rings. The lowest BCUT2D eigenvalue weighted by Gasteiger charge is -2.38. The van der Waals surface area contributed by atoms with Gasteiger partial charge in [0, 0.05) is 30.9 Å². The lowest BCUT2D eigenvalue weighted by Crippen LogP contribution is -2.56. The van der Waals surface area contributed by atoms with Crippen LogP contribution in [0.15, 0.2) is 18.2 Å². The van der Waals surface area contributed by atoms with Crippen LogP contribution in [-0.4, -0.2) is 42.4 Å². The summed E-state index contributed by atoms with van der Waals surface area (Å²) in [6, 6.07) is 5.27. The molecule has 2 heterocycles. The summed E-state index contributed by atoms with van der Waals surface area (Å²) in [5, 5.41) is 3.17. The molecule has 2 aliphatic rings. The molecule has 112 valence electrons. The quantitative estimate of drug-likeness (QED) is 0.848. The highest BCUT2D eigenvalue weighted by Gasteiger charge is 2.48. The number of alkyl halides is 3. The van der Waals surface area contributed by atoms with E-state index in [0.29, 0.717) is 10.5 Å². The third-order valence-electron chi connectivity index (χ3n) is 3.88. The van der Waals surface area contributed by atoms with Gasteiger partial charge in [-0.15, -0.1) is 0 Å². The van der Waals surface area contributed by atoms with Crippen molar-refractivity contribution in [2.75, 3.05) is 25.0 Å². The van der Waals surface area contributed by atoms with Crippen LogP contribution in [0.2, 0.25) is 0 Å². The van der Waals surface area contributed by atoms with Gasteiger partial charge in [-0.2, -0.15) is 13.2 Å². The zero-order valence-corrected chi connectivity index (χ0v) is 11.0. The number of carbonyl (C=O) groups is 2. The lowest BCUT2D eigenvalue weighted by atomic mass is 9.89. The van der Waals surface area contributed by atoms with E-state index >= 15 is 0 Å². The van der Waals surface area contributed by atoms with Gasteiger partial charge in [-0.05, 0) is 30.2 Å². The molecular weight excluding hydrogens is 285 g/mol. The Balaban J connectivity index is 1.65. The van der Waals surface area contributed by atoms with Crippen LogP contribution >= 0.6 is 0 Å². The van der Waals surface area contributed by atoms with E-state index in [1.165, 1.54) is 0 Å². The Hall–Kier alpha value is -2.05. The summed E-state index contributed by atoms with van der Waals surface area (Å²) < 4.78 is 36.7.